The Morgan fingerprint density at radius 1 is 0.186 bits per heavy atom. The monoisotopic (exact) mass is 989 g/mol. The molecule has 0 aliphatic heterocycles. The van der Waals surface area contributed by atoms with Crippen molar-refractivity contribution in [3.8, 4) is 0 Å². The second kappa shape index (κ2) is 67.9. The first-order chi connectivity index (χ1) is 34.6. The first kappa shape index (κ1) is 71.0. The average molecular weight is 990 g/mol. The molecule has 0 aromatic carbocycles. The van der Waals surface area contributed by atoms with Gasteiger partial charge in [-0.1, -0.05) is 362 Å². The largest absolute Gasteiger partial charge is 0.466 e. The Hall–Kier alpha value is -1.06. The fraction of sp³-hybridized carbons (Fsp3) is 0.970. The molecule has 4 nitrogen and oxygen atoms in total. The number of unbranched alkanes of at least 4 members (excludes halogenated alkanes) is 52. The van der Waals surface area contributed by atoms with E-state index in [1.807, 2.05) is 0 Å². The Balaban J connectivity index is 0. The van der Waals surface area contributed by atoms with Gasteiger partial charge in [0.2, 0.25) is 0 Å². The maximum Gasteiger partial charge on any atom is 0.305 e. The summed E-state index contributed by atoms with van der Waals surface area (Å²) in [6.07, 6.45) is 77.3. The van der Waals surface area contributed by atoms with Crippen molar-refractivity contribution in [2.75, 3.05) is 13.2 Å². The van der Waals surface area contributed by atoms with Crippen molar-refractivity contribution in [3.05, 3.63) is 0 Å². The molecule has 0 aliphatic rings. The third-order valence-corrected chi connectivity index (χ3v) is 15.0. The van der Waals surface area contributed by atoms with E-state index in [1.165, 1.54) is 334 Å². The van der Waals surface area contributed by atoms with Gasteiger partial charge in [0.25, 0.3) is 0 Å². The van der Waals surface area contributed by atoms with E-state index in [9.17, 15) is 9.59 Å². The van der Waals surface area contributed by atoms with Crippen molar-refractivity contribution in [1.82, 2.24) is 0 Å². The molecule has 4 heteroatoms. The Kier molecular flexibility index (Phi) is 68.9. The molecule has 0 aliphatic carbocycles. The second-order valence-corrected chi connectivity index (χ2v) is 22.3. The summed E-state index contributed by atoms with van der Waals surface area (Å²) >= 11 is 0. The standard InChI is InChI=1S/C36H72O2.C30H60O2/c1-3-5-7-9-11-13-15-17-19-21-23-25-27-29-31-33-35-38-36(37)34-32-30-28-26-24-22-20-18-16-14-12-10-8-6-4-2;1-3-5-7-9-11-13-15-16-17-19-21-23-25-27-29-32-30(31)28-26-24-22-20-18-14-12-10-8-6-4-2/h3-35H2,1-2H3;3-29H2,1-2H3. The van der Waals surface area contributed by atoms with Crippen molar-refractivity contribution in [2.45, 2.75) is 400 Å². The highest BCUT2D eigenvalue weighted by atomic mass is 16.5. The SMILES string of the molecule is CCCCCCCCCCCCCCCCCCOC(=O)CCCCCCCCCCCCCCCCC.CCCCCCCCCCCCCCCCOC(=O)CCCCCCCCCCCCC. The third kappa shape index (κ3) is 69.0. The normalized spacial score (nSPS) is 11.3. The lowest BCUT2D eigenvalue weighted by Gasteiger charge is -2.06. The quantitative estimate of drug-likeness (QED) is 0.0450. The van der Waals surface area contributed by atoms with Crippen molar-refractivity contribution in [1.29, 1.82) is 0 Å². The van der Waals surface area contributed by atoms with E-state index in [-0.39, 0.29) is 11.9 Å². The molecule has 0 aromatic rings. The van der Waals surface area contributed by atoms with E-state index in [0.29, 0.717) is 26.1 Å². The molecular formula is C66H132O4. The maximum atomic E-state index is 11.9. The lowest BCUT2D eigenvalue weighted by atomic mass is 10.0. The van der Waals surface area contributed by atoms with Crippen LogP contribution in [0.15, 0.2) is 0 Å². The minimum atomic E-state index is 0.0237. The Morgan fingerprint density at radius 2 is 0.314 bits per heavy atom. The molecule has 0 spiro atoms. The highest BCUT2D eigenvalue weighted by Gasteiger charge is 2.05. The minimum Gasteiger partial charge on any atom is -0.466 e. The van der Waals surface area contributed by atoms with Crippen LogP contribution >= 0.6 is 0 Å². The van der Waals surface area contributed by atoms with Crippen LogP contribution in [0.5, 0.6) is 0 Å². The molecule has 70 heavy (non-hydrogen) atoms. The summed E-state index contributed by atoms with van der Waals surface area (Å²) in [5, 5.41) is 0. The van der Waals surface area contributed by atoms with Crippen molar-refractivity contribution in [2.24, 2.45) is 0 Å². The zero-order valence-electron chi connectivity index (χ0n) is 49.1. The minimum absolute atomic E-state index is 0.0237. The Labute approximate surface area is 442 Å². The fourth-order valence-corrected chi connectivity index (χ4v) is 10.0. The summed E-state index contributed by atoms with van der Waals surface area (Å²) in [5.41, 5.74) is 0. The van der Waals surface area contributed by atoms with Gasteiger partial charge in [0.05, 0.1) is 13.2 Å². The zero-order valence-corrected chi connectivity index (χ0v) is 49.1. The van der Waals surface area contributed by atoms with Crippen LogP contribution in [0.3, 0.4) is 0 Å². The van der Waals surface area contributed by atoms with Gasteiger partial charge in [0.1, 0.15) is 0 Å². The Morgan fingerprint density at radius 3 is 0.471 bits per heavy atom. The number of carbonyl (C=O) groups is 2. The van der Waals surface area contributed by atoms with Crippen LogP contribution in [-0.2, 0) is 19.1 Å². The summed E-state index contributed by atoms with van der Waals surface area (Å²) in [7, 11) is 0. The molecule has 420 valence electrons. The number of hydrogen-bond acceptors (Lipinski definition) is 4. The van der Waals surface area contributed by atoms with Gasteiger partial charge in [-0.05, 0) is 25.7 Å². The fourth-order valence-electron chi connectivity index (χ4n) is 10.0. The molecule has 0 atom stereocenters. The molecule has 0 rings (SSSR count). The first-order valence-electron chi connectivity index (χ1n) is 32.9. The van der Waals surface area contributed by atoms with Crippen LogP contribution in [0.25, 0.3) is 0 Å². The molecule has 0 heterocycles. The second-order valence-electron chi connectivity index (χ2n) is 22.3. The summed E-state index contributed by atoms with van der Waals surface area (Å²) in [6.45, 7) is 10.4. The van der Waals surface area contributed by atoms with E-state index in [2.05, 4.69) is 27.7 Å². The smallest absolute Gasteiger partial charge is 0.305 e. The molecular weight excluding hydrogens is 857 g/mol. The van der Waals surface area contributed by atoms with Crippen molar-refractivity contribution >= 4 is 11.9 Å². The predicted molar refractivity (Wildman–Crippen MR) is 312 cm³/mol. The predicted octanol–water partition coefficient (Wildman–Crippen LogP) is 23.8. The van der Waals surface area contributed by atoms with E-state index in [0.717, 1.165) is 25.7 Å². The van der Waals surface area contributed by atoms with Crippen LogP contribution in [0, 0.1) is 0 Å². The Bertz CT molecular complexity index is 933. The lowest BCUT2D eigenvalue weighted by molar-refractivity contribution is -0.144. The summed E-state index contributed by atoms with van der Waals surface area (Å²) < 4.78 is 10.8. The summed E-state index contributed by atoms with van der Waals surface area (Å²) in [4.78, 5) is 23.7. The van der Waals surface area contributed by atoms with E-state index < -0.39 is 0 Å². The number of rotatable bonds is 60. The summed E-state index contributed by atoms with van der Waals surface area (Å²) in [5.74, 6) is 0.0521. The highest BCUT2D eigenvalue weighted by Crippen LogP contribution is 2.18. The lowest BCUT2D eigenvalue weighted by Crippen LogP contribution is -2.05. The van der Waals surface area contributed by atoms with Gasteiger partial charge in [-0.25, -0.2) is 0 Å². The number of hydrogen-bond donors (Lipinski definition) is 0. The number of esters is 2. The van der Waals surface area contributed by atoms with Crippen LogP contribution in [0.1, 0.15) is 400 Å². The number of carbonyl (C=O) groups excluding carboxylic acids is 2. The van der Waals surface area contributed by atoms with Gasteiger partial charge >= 0.3 is 11.9 Å². The first-order valence-corrected chi connectivity index (χ1v) is 32.9. The van der Waals surface area contributed by atoms with E-state index in [4.69, 9.17) is 9.47 Å². The molecule has 0 radical (unpaired) electrons. The number of ether oxygens (including phenoxy) is 2. The van der Waals surface area contributed by atoms with E-state index >= 15 is 0 Å². The maximum absolute atomic E-state index is 11.9. The van der Waals surface area contributed by atoms with Gasteiger partial charge in [0.15, 0.2) is 0 Å². The van der Waals surface area contributed by atoms with E-state index in [1.54, 1.807) is 0 Å². The molecule has 0 N–H and O–H groups in total. The topological polar surface area (TPSA) is 52.6 Å². The molecule has 0 unspecified atom stereocenters. The van der Waals surface area contributed by atoms with Crippen molar-refractivity contribution in [3.63, 3.8) is 0 Å². The molecule has 0 saturated heterocycles. The third-order valence-electron chi connectivity index (χ3n) is 15.0. The highest BCUT2D eigenvalue weighted by molar-refractivity contribution is 5.69. The molecule has 0 amide bonds. The van der Waals surface area contributed by atoms with Crippen LogP contribution < -0.4 is 0 Å². The van der Waals surface area contributed by atoms with Gasteiger partial charge in [-0.15, -0.1) is 0 Å². The molecule has 0 saturated carbocycles. The van der Waals surface area contributed by atoms with Crippen LogP contribution in [-0.4, -0.2) is 25.2 Å². The van der Waals surface area contributed by atoms with Crippen molar-refractivity contribution < 1.29 is 19.1 Å². The summed E-state index contributed by atoms with van der Waals surface area (Å²) in [6, 6.07) is 0. The van der Waals surface area contributed by atoms with Gasteiger partial charge in [-0.2, -0.15) is 0 Å². The van der Waals surface area contributed by atoms with Crippen LogP contribution in [0.2, 0.25) is 0 Å². The molecule has 0 aromatic heterocycles. The molecule has 0 fully saturated rings. The van der Waals surface area contributed by atoms with Crippen LogP contribution in [0.4, 0.5) is 0 Å². The van der Waals surface area contributed by atoms with Gasteiger partial charge in [0, 0.05) is 12.8 Å². The van der Waals surface area contributed by atoms with Gasteiger partial charge < -0.3 is 9.47 Å². The van der Waals surface area contributed by atoms with Gasteiger partial charge in [-0.3, -0.25) is 9.59 Å². The molecule has 0 bridgehead atoms. The zero-order chi connectivity index (χ0) is 51.0. The average Bonchev–Trinajstić information content (AvgIpc) is 3.36.